The lowest BCUT2D eigenvalue weighted by molar-refractivity contribution is 0.454. The van der Waals surface area contributed by atoms with Crippen molar-refractivity contribution in [2.45, 2.75) is 18.9 Å². The Bertz CT molecular complexity index is 208. The number of nitrogens with two attached hydrogens (primary N) is 1. The molecule has 1 heterocycles. The second-order valence-corrected chi connectivity index (χ2v) is 2.49. The van der Waals surface area contributed by atoms with Gasteiger partial charge in [0.25, 0.3) is 0 Å². The molecule has 0 aliphatic heterocycles. The zero-order valence-corrected chi connectivity index (χ0v) is 7.72. The van der Waals surface area contributed by atoms with Gasteiger partial charge in [-0.25, -0.2) is 0 Å². The number of hydrogen-bond donors (Lipinski definition) is 1. The van der Waals surface area contributed by atoms with Gasteiger partial charge in [-0.15, -0.1) is 19.0 Å². The van der Waals surface area contributed by atoms with Crippen molar-refractivity contribution >= 4 is 12.4 Å². The molecule has 0 aliphatic rings. The normalized spacial score (nSPS) is 11.8. The first-order chi connectivity index (χ1) is 5.34. The lowest BCUT2D eigenvalue weighted by Crippen LogP contribution is -2.08. The third-order valence-electron chi connectivity index (χ3n) is 1.59. The van der Waals surface area contributed by atoms with Crippen molar-refractivity contribution in [2.75, 3.05) is 0 Å². The Morgan fingerprint density at radius 3 is 2.92 bits per heavy atom. The van der Waals surface area contributed by atoms with E-state index in [-0.39, 0.29) is 18.4 Å². The quantitative estimate of drug-likeness (QED) is 0.737. The third-order valence-corrected chi connectivity index (χ3v) is 1.59. The molecular weight excluding hydrogens is 174 g/mol. The smallest absolute Gasteiger partial charge is 0.120 e. The van der Waals surface area contributed by atoms with Crippen LogP contribution in [-0.2, 0) is 0 Å². The zero-order chi connectivity index (χ0) is 8.10. The predicted molar refractivity (Wildman–Crippen MR) is 52.3 cm³/mol. The van der Waals surface area contributed by atoms with Gasteiger partial charge in [0.05, 0.1) is 12.3 Å². The first-order valence-corrected chi connectivity index (χ1v) is 3.74. The molecule has 12 heavy (non-hydrogen) atoms. The molecule has 1 aromatic heterocycles. The van der Waals surface area contributed by atoms with Crippen molar-refractivity contribution in [3.63, 3.8) is 0 Å². The summed E-state index contributed by atoms with van der Waals surface area (Å²) in [6.07, 6.45) is 5.34. The number of hydrogen-bond acceptors (Lipinski definition) is 2. The topological polar surface area (TPSA) is 39.2 Å². The lowest BCUT2D eigenvalue weighted by atomic mass is 10.1. The van der Waals surface area contributed by atoms with Gasteiger partial charge < -0.3 is 10.2 Å². The minimum Gasteiger partial charge on any atom is -0.468 e. The van der Waals surface area contributed by atoms with Crippen LogP contribution >= 0.6 is 12.4 Å². The molecule has 0 spiro atoms. The molecule has 1 atom stereocenters. The monoisotopic (exact) mass is 187 g/mol. The van der Waals surface area contributed by atoms with Gasteiger partial charge in [0.1, 0.15) is 5.76 Å². The number of allylic oxidation sites excluding steroid dienone is 1. The van der Waals surface area contributed by atoms with Crippen LogP contribution in [-0.4, -0.2) is 0 Å². The highest BCUT2D eigenvalue weighted by atomic mass is 35.5. The van der Waals surface area contributed by atoms with Gasteiger partial charge in [-0.1, -0.05) is 6.08 Å². The third kappa shape index (κ3) is 3.11. The minimum atomic E-state index is 0. The van der Waals surface area contributed by atoms with E-state index in [4.69, 9.17) is 10.2 Å². The van der Waals surface area contributed by atoms with Crippen molar-refractivity contribution in [3.05, 3.63) is 36.8 Å². The summed E-state index contributed by atoms with van der Waals surface area (Å²) in [7, 11) is 0. The first-order valence-electron chi connectivity index (χ1n) is 3.74. The Hall–Kier alpha value is -0.730. The fourth-order valence-electron chi connectivity index (χ4n) is 0.942. The molecular formula is C9H14ClNO. The molecule has 3 heteroatoms. The van der Waals surface area contributed by atoms with Crippen molar-refractivity contribution < 1.29 is 4.42 Å². The maximum atomic E-state index is 5.78. The summed E-state index contributed by atoms with van der Waals surface area (Å²) in [6.45, 7) is 3.63. The Morgan fingerprint density at radius 2 is 2.42 bits per heavy atom. The largest absolute Gasteiger partial charge is 0.468 e. The van der Waals surface area contributed by atoms with Crippen molar-refractivity contribution in [1.82, 2.24) is 0 Å². The summed E-state index contributed by atoms with van der Waals surface area (Å²) in [5.74, 6) is 0.854. The van der Waals surface area contributed by atoms with Gasteiger partial charge in [0.2, 0.25) is 0 Å². The molecule has 68 valence electrons. The average Bonchev–Trinajstić information content (AvgIpc) is 2.52. The van der Waals surface area contributed by atoms with Gasteiger partial charge in [-0.3, -0.25) is 0 Å². The highest BCUT2D eigenvalue weighted by Gasteiger charge is 2.05. The molecule has 0 amide bonds. The molecule has 1 rings (SSSR count). The van der Waals surface area contributed by atoms with E-state index in [9.17, 15) is 0 Å². The summed E-state index contributed by atoms with van der Waals surface area (Å²) in [5.41, 5.74) is 5.78. The predicted octanol–water partition coefficient (Wildman–Crippen LogP) is 2.67. The van der Waals surface area contributed by atoms with E-state index in [1.54, 1.807) is 6.26 Å². The second kappa shape index (κ2) is 5.86. The van der Waals surface area contributed by atoms with Gasteiger partial charge in [-0.2, -0.15) is 0 Å². The molecule has 0 fully saturated rings. The maximum Gasteiger partial charge on any atom is 0.120 e. The van der Waals surface area contributed by atoms with Gasteiger partial charge in [0.15, 0.2) is 0 Å². The highest BCUT2D eigenvalue weighted by molar-refractivity contribution is 5.85. The minimum absolute atomic E-state index is 0. The van der Waals surface area contributed by atoms with Crippen LogP contribution in [0.25, 0.3) is 0 Å². The van der Waals surface area contributed by atoms with Crippen LogP contribution in [0.2, 0.25) is 0 Å². The summed E-state index contributed by atoms with van der Waals surface area (Å²) in [4.78, 5) is 0. The summed E-state index contributed by atoms with van der Waals surface area (Å²) in [6, 6.07) is 3.76. The van der Waals surface area contributed by atoms with Crippen molar-refractivity contribution in [3.8, 4) is 0 Å². The molecule has 0 aliphatic carbocycles. The number of halogens is 1. The Labute approximate surface area is 78.9 Å². The SMILES string of the molecule is C=CCC[C@H](N)c1ccco1.Cl. The first kappa shape index (κ1) is 11.3. The fraction of sp³-hybridized carbons (Fsp3) is 0.333. The van der Waals surface area contributed by atoms with Gasteiger partial charge in [-0.05, 0) is 25.0 Å². The van der Waals surface area contributed by atoms with Crippen LogP contribution < -0.4 is 5.73 Å². The fourth-order valence-corrected chi connectivity index (χ4v) is 0.942. The molecule has 2 nitrogen and oxygen atoms in total. The van der Waals surface area contributed by atoms with Gasteiger partial charge in [0, 0.05) is 0 Å². The van der Waals surface area contributed by atoms with E-state index in [2.05, 4.69) is 6.58 Å². The second-order valence-electron chi connectivity index (χ2n) is 2.49. The molecule has 0 saturated heterocycles. The Balaban J connectivity index is 0.00000121. The molecule has 1 aromatic rings. The van der Waals surface area contributed by atoms with E-state index in [0.29, 0.717) is 0 Å². The molecule has 0 saturated carbocycles. The van der Waals surface area contributed by atoms with Crippen LogP contribution in [0.15, 0.2) is 35.5 Å². The summed E-state index contributed by atoms with van der Waals surface area (Å²) >= 11 is 0. The number of furan rings is 1. The van der Waals surface area contributed by atoms with Crippen molar-refractivity contribution in [1.29, 1.82) is 0 Å². The number of rotatable bonds is 4. The molecule has 0 radical (unpaired) electrons. The van der Waals surface area contributed by atoms with E-state index in [1.807, 2.05) is 18.2 Å². The van der Waals surface area contributed by atoms with Gasteiger partial charge >= 0.3 is 0 Å². The molecule has 0 bridgehead atoms. The highest BCUT2D eigenvalue weighted by Crippen LogP contribution is 2.15. The average molecular weight is 188 g/mol. The Kier molecular flexibility index (Phi) is 5.51. The standard InChI is InChI=1S/C9H13NO.ClH/c1-2-3-5-8(10)9-6-4-7-11-9;/h2,4,6-8H,1,3,5,10H2;1H/t8-;/m0./s1. The van der Waals surface area contributed by atoms with Crippen LogP contribution in [0.4, 0.5) is 0 Å². The van der Waals surface area contributed by atoms with E-state index >= 15 is 0 Å². The molecule has 0 aromatic carbocycles. The molecule has 0 unspecified atom stereocenters. The molecule has 2 N–H and O–H groups in total. The zero-order valence-electron chi connectivity index (χ0n) is 6.90. The van der Waals surface area contributed by atoms with Crippen molar-refractivity contribution in [2.24, 2.45) is 5.73 Å². The summed E-state index contributed by atoms with van der Waals surface area (Å²) < 4.78 is 5.13. The van der Waals surface area contributed by atoms with E-state index < -0.39 is 0 Å². The Morgan fingerprint density at radius 1 is 1.67 bits per heavy atom. The van der Waals surface area contributed by atoms with E-state index in [0.717, 1.165) is 18.6 Å². The van der Waals surface area contributed by atoms with Crippen LogP contribution in [0, 0.1) is 0 Å². The van der Waals surface area contributed by atoms with Crippen LogP contribution in [0.1, 0.15) is 24.6 Å². The lowest BCUT2D eigenvalue weighted by Gasteiger charge is -2.05. The van der Waals surface area contributed by atoms with E-state index in [1.165, 1.54) is 0 Å². The van der Waals surface area contributed by atoms with Crippen LogP contribution in [0.5, 0.6) is 0 Å². The van der Waals surface area contributed by atoms with Crippen LogP contribution in [0.3, 0.4) is 0 Å². The maximum absolute atomic E-state index is 5.78. The summed E-state index contributed by atoms with van der Waals surface area (Å²) in [5, 5.41) is 0.